The van der Waals surface area contributed by atoms with Crippen LogP contribution in [0.1, 0.15) is 11.8 Å². The molecule has 8 heteroatoms. The van der Waals surface area contributed by atoms with Crippen molar-refractivity contribution in [1.82, 2.24) is 20.2 Å². The predicted octanol–water partition coefficient (Wildman–Crippen LogP) is 3.43. The Kier molecular flexibility index (Phi) is 3.63. The highest BCUT2D eigenvalue weighted by Crippen LogP contribution is 2.36. The van der Waals surface area contributed by atoms with Gasteiger partial charge in [-0.15, -0.1) is 21.5 Å². The number of aromatic nitrogens is 4. The molecule has 0 spiro atoms. The lowest BCUT2D eigenvalue weighted by Gasteiger charge is -1.97. The lowest BCUT2D eigenvalue weighted by Crippen LogP contribution is -1.94. The number of anilines is 1. The first-order valence-electron chi connectivity index (χ1n) is 5.72. The van der Waals surface area contributed by atoms with Crippen LogP contribution in [0.3, 0.4) is 0 Å². The molecule has 19 heavy (non-hydrogen) atoms. The van der Waals surface area contributed by atoms with Crippen molar-refractivity contribution in [2.24, 2.45) is 0 Å². The van der Waals surface area contributed by atoms with Crippen LogP contribution in [0, 0.1) is 6.92 Å². The van der Waals surface area contributed by atoms with Crippen LogP contribution < -0.4 is 5.32 Å². The molecule has 3 aromatic rings. The maximum absolute atomic E-state index is 4.35. The fraction of sp³-hybridized carbons (Fsp3) is 0.273. The number of nitrogens with one attached hydrogen (secondary N) is 1. The van der Waals surface area contributed by atoms with Crippen molar-refractivity contribution in [2.45, 2.75) is 23.2 Å². The zero-order valence-corrected chi connectivity index (χ0v) is 12.8. The van der Waals surface area contributed by atoms with Gasteiger partial charge in [-0.2, -0.15) is 0 Å². The summed E-state index contributed by atoms with van der Waals surface area (Å²) in [5.74, 6) is 0. The van der Waals surface area contributed by atoms with Gasteiger partial charge in [0.05, 0.1) is 0 Å². The maximum atomic E-state index is 4.35. The van der Waals surface area contributed by atoms with Crippen LogP contribution in [0.2, 0.25) is 0 Å². The molecule has 0 saturated carbocycles. The van der Waals surface area contributed by atoms with Crippen LogP contribution in [0.15, 0.2) is 21.8 Å². The summed E-state index contributed by atoms with van der Waals surface area (Å²) in [4.78, 5) is 10.9. The third-order valence-corrected chi connectivity index (χ3v) is 5.24. The minimum absolute atomic E-state index is 0.844. The van der Waals surface area contributed by atoms with E-state index in [1.807, 2.05) is 6.92 Å². The molecule has 1 N–H and O–H groups in total. The van der Waals surface area contributed by atoms with Gasteiger partial charge in [0.25, 0.3) is 0 Å². The second-order valence-electron chi connectivity index (χ2n) is 3.76. The van der Waals surface area contributed by atoms with Crippen molar-refractivity contribution < 1.29 is 0 Å². The number of fused-ring (bicyclic) bond motifs is 1. The molecule has 0 radical (unpaired) electrons. The minimum Gasteiger partial charge on any atom is -0.360 e. The summed E-state index contributed by atoms with van der Waals surface area (Å²) in [6.07, 6.45) is 1.60. The highest BCUT2D eigenvalue weighted by atomic mass is 32.2. The number of hydrogen-bond donors (Lipinski definition) is 1. The third-order valence-electron chi connectivity index (χ3n) is 2.33. The van der Waals surface area contributed by atoms with Gasteiger partial charge < -0.3 is 5.32 Å². The first-order chi connectivity index (χ1) is 9.26. The number of thiophene rings is 1. The molecule has 0 saturated heterocycles. The molecule has 3 aromatic heterocycles. The Hall–Kier alpha value is -1.25. The van der Waals surface area contributed by atoms with Crippen molar-refractivity contribution in [3.8, 4) is 0 Å². The Morgan fingerprint density at radius 1 is 1.26 bits per heavy atom. The molecule has 98 valence electrons. The molecule has 5 nitrogen and oxygen atoms in total. The van der Waals surface area contributed by atoms with Gasteiger partial charge in [-0.25, -0.2) is 9.97 Å². The molecule has 3 rings (SSSR count). The quantitative estimate of drug-likeness (QED) is 0.745. The van der Waals surface area contributed by atoms with Gasteiger partial charge in [0.15, 0.2) is 4.34 Å². The second kappa shape index (κ2) is 5.40. The van der Waals surface area contributed by atoms with Crippen LogP contribution >= 0.6 is 34.4 Å². The fourth-order valence-corrected chi connectivity index (χ4v) is 4.30. The Labute approximate surface area is 122 Å². The molecule has 0 bridgehead atoms. The van der Waals surface area contributed by atoms with Gasteiger partial charge in [0.1, 0.15) is 16.2 Å². The molecular formula is C11H11N5S3. The van der Waals surface area contributed by atoms with E-state index in [9.17, 15) is 0 Å². The molecule has 0 atom stereocenters. The van der Waals surface area contributed by atoms with E-state index < -0.39 is 0 Å². The SMILES string of the molecule is CCNc1nnc(Sc2ncnc3sc(C)cc23)s1. The number of rotatable bonds is 4. The second-order valence-corrected chi connectivity index (χ2v) is 7.21. The number of aryl methyl sites for hydroxylation is 1. The fourth-order valence-electron chi connectivity index (χ4n) is 1.59. The topological polar surface area (TPSA) is 63.6 Å². The molecular weight excluding hydrogens is 298 g/mol. The highest BCUT2D eigenvalue weighted by Gasteiger charge is 2.11. The summed E-state index contributed by atoms with van der Waals surface area (Å²) in [6, 6.07) is 2.12. The molecule has 0 unspecified atom stereocenters. The molecule has 0 aliphatic carbocycles. The number of nitrogens with zero attached hydrogens (tertiary/aromatic N) is 4. The highest BCUT2D eigenvalue weighted by molar-refractivity contribution is 8.01. The van der Waals surface area contributed by atoms with Crippen molar-refractivity contribution in [2.75, 3.05) is 11.9 Å². The molecule has 0 amide bonds. The van der Waals surface area contributed by atoms with Gasteiger partial charge in [0, 0.05) is 16.8 Å². The first-order valence-corrected chi connectivity index (χ1v) is 8.17. The van der Waals surface area contributed by atoms with Crippen LogP contribution in [-0.4, -0.2) is 26.7 Å². The minimum atomic E-state index is 0.844. The average Bonchev–Trinajstić information content (AvgIpc) is 2.96. The van der Waals surface area contributed by atoms with E-state index in [0.29, 0.717) is 0 Å². The van der Waals surface area contributed by atoms with Crippen molar-refractivity contribution in [3.63, 3.8) is 0 Å². The molecule has 0 fully saturated rings. The smallest absolute Gasteiger partial charge is 0.206 e. The summed E-state index contributed by atoms with van der Waals surface area (Å²) >= 11 is 4.76. The van der Waals surface area contributed by atoms with E-state index in [2.05, 4.69) is 38.5 Å². The third kappa shape index (κ3) is 2.70. The normalized spacial score (nSPS) is 11.1. The Morgan fingerprint density at radius 2 is 2.16 bits per heavy atom. The van der Waals surface area contributed by atoms with Crippen LogP contribution in [0.4, 0.5) is 5.13 Å². The van der Waals surface area contributed by atoms with Crippen molar-refractivity contribution in [3.05, 3.63) is 17.3 Å². The van der Waals surface area contributed by atoms with E-state index in [4.69, 9.17) is 0 Å². The summed E-state index contributed by atoms with van der Waals surface area (Å²) in [6.45, 7) is 4.96. The van der Waals surface area contributed by atoms with E-state index in [1.54, 1.807) is 29.0 Å². The average molecular weight is 309 g/mol. The van der Waals surface area contributed by atoms with E-state index in [0.717, 1.165) is 31.3 Å². The zero-order valence-electron chi connectivity index (χ0n) is 10.4. The van der Waals surface area contributed by atoms with E-state index in [-0.39, 0.29) is 0 Å². The van der Waals surface area contributed by atoms with Crippen molar-refractivity contribution in [1.29, 1.82) is 0 Å². The lowest BCUT2D eigenvalue weighted by atomic mass is 10.4. The molecule has 3 heterocycles. The van der Waals surface area contributed by atoms with Gasteiger partial charge in [0.2, 0.25) is 5.13 Å². The van der Waals surface area contributed by atoms with Gasteiger partial charge in [-0.05, 0) is 31.7 Å². The van der Waals surface area contributed by atoms with Gasteiger partial charge >= 0.3 is 0 Å². The van der Waals surface area contributed by atoms with E-state index >= 15 is 0 Å². The summed E-state index contributed by atoms with van der Waals surface area (Å²) in [5.41, 5.74) is 0. The van der Waals surface area contributed by atoms with Gasteiger partial charge in [-0.3, -0.25) is 0 Å². The largest absolute Gasteiger partial charge is 0.360 e. The molecule has 0 aliphatic heterocycles. The summed E-state index contributed by atoms with van der Waals surface area (Å²) in [7, 11) is 0. The Morgan fingerprint density at radius 3 is 3.00 bits per heavy atom. The van der Waals surface area contributed by atoms with Gasteiger partial charge in [-0.1, -0.05) is 11.3 Å². The first kappa shape index (κ1) is 12.8. The standard InChI is InChI=1S/C11H11N5S3/c1-3-12-10-15-16-11(19-10)18-9-7-4-6(2)17-8(7)13-5-14-9/h4-5H,3H2,1-2H3,(H,12,15). The molecule has 0 aromatic carbocycles. The monoisotopic (exact) mass is 309 g/mol. The predicted molar refractivity (Wildman–Crippen MR) is 80.3 cm³/mol. The lowest BCUT2D eigenvalue weighted by molar-refractivity contribution is 0.998. The van der Waals surface area contributed by atoms with Crippen LogP contribution in [0.25, 0.3) is 10.2 Å². The van der Waals surface area contributed by atoms with Crippen LogP contribution in [-0.2, 0) is 0 Å². The summed E-state index contributed by atoms with van der Waals surface area (Å²) in [5, 5.41) is 14.3. The Bertz CT molecular complexity index is 705. The van der Waals surface area contributed by atoms with Crippen LogP contribution in [0.5, 0.6) is 0 Å². The summed E-state index contributed by atoms with van der Waals surface area (Å²) < 4.78 is 0.889. The molecule has 0 aliphatic rings. The zero-order chi connectivity index (χ0) is 13.2. The van der Waals surface area contributed by atoms with Crippen molar-refractivity contribution >= 4 is 49.8 Å². The van der Waals surface area contributed by atoms with E-state index in [1.165, 1.54) is 16.6 Å². The Balaban J connectivity index is 1.91. The maximum Gasteiger partial charge on any atom is 0.206 e. The number of hydrogen-bond acceptors (Lipinski definition) is 8.